The molecule has 6 nitrogen and oxygen atoms in total. The lowest BCUT2D eigenvalue weighted by Crippen LogP contribution is -2.38. The Hall–Kier alpha value is -2.51. The summed E-state index contributed by atoms with van der Waals surface area (Å²) in [5.74, 6) is -1.26. The number of nitrogens with zero attached hydrogens (tertiary/aromatic N) is 3. The summed E-state index contributed by atoms with van der Waals surface area (Å²) in [4.78, 5) is 35.1. The Morgan fingerprint density at radius 1 is 1.17 bits per heavy atom. The number of aromatic nitrogens is 1. The molecule has 160 valence electrons. The number of aryl methyl sites for hydroxylation is 3. The monoisotopic (exact) mass is 427 g/mol. The van der Waals surface area contributed by atoms with Crippen molar-refractivity contribution >= 4 is 23.0 Å². The van der Waals surface area contributed by atoms with Gasteiger partial charge in [-0.2, -0.15) is 0 Å². The highest BCUT2D eigenvalue weighted by Gasteiger charge is 2.44. The van der Waals surface area contributed by atoms with Crippen molar-refractivity contribution in [2.75, 3.05) is 26.2 Å². The van der Waals surface area contributed by atoms with E-state index in [-0.39, 0.29) is 11.4 Å². The molecule has 1 atom stereocenters. The zero-order valence-corrected chi connectivity index (χ0v) is 19.0. The number of likely N-dealkylation sites (N-methyl/N-ethyl adjacent to an activating group) is 1. The number of rotatable bonds is 8. The number of ketones is 1. The van der Waals surface area contributed by atoms with Gasteiger partial charge in [-0.25, -0.2) is 4.98 Å². The molecule has 0 fully saturated rings. The number of Topliss-reactive ketones (excluding diaryl/α,β-unsaturated/α-hetero) is 1. The zero-order valence-electron chi connectivity index (χ0n) is 18.2. The van der Waals surface area contributed by atoms with Crippen LogP contribution < -0.4 is 0 Å². The van der Waals surface area contributed by atoms with Crippen LogP contribution in [0.25, 0.3) is 0 Å². The van der Waals surface area contributed by atoms with Crippen LogP contribution in [0, 0.1) is 20.8 Å². The first-order valence-electron chi connectivity index (χ1n) is 10.3. The summed E-state index contributed by atoms with van der Waals surface area (Å²) in [6.07, 6.45) is 0. The maximum atomic E-state index is 13.4. The molecule has 0 aliphatic carbocycles. The average molecular weight is 428 g/mol. The highest BCUT2D eigenvalue weighted by molar-refractivity contribution is 7.14. The van der Waals surface area contributed by atoms with Crippen molar-refractivity contribution < 1.29 is 14.7 Å². The summed E-state index contributed by atoms with van der Waals surface area (Å²) in [5.41, 5.74) is 2.68. The Morgan fingerprint density at radius 2 is 1.80 bits per heavy atom. The van der Waals surface area contributed by atoms with Gasteiger partial charge in [0.2, 0.25) is 5.78 Å². The largest absolute Gasteiger partial charge is 0.503 e. The topological polar surface area (TPSA) is 73.7 Å². The third-order valence-electron chi connectivity index (χ3n) is 5.60. The number of thiazole rings is 1. The lowest BCUT2D eigenvalue weighted by molar-refractivity contribution is -0.129. The van der Waals surface area contributed by atoms with E-state index >= 15 is 0 Å². The minimum absolute atomic E-state index is 0.148. The van der Waals surface area contributed by atoms with Crippen molar-refractivity contribution in [3.8, 4) is 0 Å². The number of aliphatic hydroxyl groups is 1. The summed E-state index contributed by atoms with van der Waals surface area (Å²) < 4.78 is 0. The van der Waals surface area contributed by atoms with Crippen molar-refractivity contribution in [1.82, 2.24) is 14.8 Å². The minimum Gasteiger partial charge on any atom is -0.503 e. The van der Waals surface area contributed by atoms with Crippen molar-refractivity contribution in [2.45, 2.75) is 40.7 Å². The molecule has 0 saturated carbocycles. The number of amides is 1. The first-order valence-corrected chi connectivity index (χ1v) is 11.1. The van der Waals surface area contributed by atoms with Crippen molar-refractivity contribution in [1.29, 1.82) is 0 Å². The van der Waals surface area contributed by atoms with E-state index in [0.717, 1.165) is 29.2 Å². The number of hydrogen-bond acceptors (Lipinski definition) is 6. The van der Waals surface area contributed by atoms with E-state index in [1.807, 2.05) is 38.1 Å². The lowest BCUT2D eigenvalue weighted by Gasteiger charge is -2.29. The van der Waals surface area contributed by atoms with E-state index in [0.29, 0.717) is 23.7 Å². The average Bonchev–Trinajstić information content (AvgIpc) is 3.19. The maximum Gasteiger partial charge on any atom is 0.290 e. The van der Waals surface area contributed by atoms with Crippen LogP contribution in [-0.2, 0) is 4.79 Å². The summed E-state index contributed by atoms with van der Waals surface area (Å²) in [6.45, 7) is 12.6. The fourth-order valence-electron chi connectivity index (χ4n) is 3.86. The summed E-state index contributed by atoms with van der Waals surface area (Å²) in [5, 5.41) is 11.5. The molecule has 1 amide bonds. The summed E-state index contributed by atoms with van der Waals surface area (Å²) in [6, 6.07) is 7.16. The Morgan fingerprint density at radius 3 is 2.33 bits per heavy atom. The molecular formula is C23H29N3O3S. The van der Waals surface area contributed by atoms with Crippen LogP contribution in [0.2, 0.25) is 0 Å². The molecule has 7 heteroatoms. The molecule has 2 aromatic rings. The Kier molecular flexibility index (Phi) is 6.73. The van der Waals surface area contributed by atoms with Crippen LogP contribution in [-0.4, -0.2) is 57.8 Å². The first kappa shape index (κ1) is 22.2. The molecule has 2 heterocycles. The van der Waals surface area contributed by atoms with Gasteiger partial charge in [-0.05, 0) is 39.4 Å². The van der Waals surface area contributed by atoms with Crippen molar-refractivity contribution in [2.24, 2.45) is 0 Å². The molecule has 1 aliphatic heterocycles. The molecular weight excluding hydrogens is 398 g/mol. The predicted molar refractivity (Wildman–Crippen MR) is 119 cm³/mol. The SMILES string of the molecule is CCN(CC)CCN1C(=O)C(O)=C(C(=O)c2sc(C)nc2C)C1c1ccc(C)cc1. The molecule has 1 N–H and O–H groups in total. The second-order valence-corrected chi connectivity index (χ2v) is 8.78. The Labute approximate surface area is 181 Å². The quantitative estimate of drug-likeness (QED) is 0.645. The molecule has 1 aromatic carbocycles. The van der Waals surface area contributed by atoms with E-state index in [4.69, 9.17) is 0 Å². The third kappa shape index (κ3) is 4.18. The van der Waals surface area contributed by atoms with Crippen LogP contribution in [0.4, 0.5) is 0 Å². The van der Waals surface area contributed by atoms with Crippen LogP contribution in [0.1, 0.15) is 51.4 Å². The molecule has 0 bridgehead atoms. The van der Waals surface area contributed by atoms with Crippen LogP contribution in [0.15, 0.2) is 35.6 Å². The van der Waals surface area contributed by atoms with Gasteiger partial charge in [-0.1, -0.05) is 43.7 Å². The van der Waals surface area contributed by atoms with Crippen molar-refractivity contribution in [3.05, 3.63) is 62.3 Å². The number of carbonyl (C=O) groups is 2. The predicted octanol–water partition coefficient (Wildman–Crippen LogP) is 3.99. The van der Waals surface area contributed by atoms with Gasteiger partial charge < -0.3 is 14.9 Å². The smallest absolute Gasteiger partial charge is 0.290 e. The van der Waals surface area contributed by atoms with Gasteiger partial charge >= 0.3 is 0 Å². The number of aliphatic hydroxyl groups excluding tert-OH is 1. The molecule has 30 heavy (non-hydrogen) atoms. The minimum atomic E-state index is -0.608. The van der Waals surface area contributed by atoms with Gasteiger partial charge in [0.15, 0.2) is 5.76 Å². The molecule has 0 saturated heterocycles. The van der Waals surface area contributed by atoms with Gasteiger partial charge in [0, 0.05) is 13.1 Å². The van der Waals surface area contributed by atoms with Crippen molar-refractivity contribution in [3.63, 3.8) is 0 Å². The fraction of sp³-hybridized carbons (Fsp3) is 0.435. The molecule has 0 radical (unpaired) electrons. The van der Waals surface area contributed by atoms with Crippen LogP contribution in [0.5, 0.6) is 0 Å². The number of hydrogen-bond donors (Lipinski definition) is 1. The van der Waals surface area contributed by atoms with E-state index in [9.17, 15) is 14.7 Å². The van der Waals surface area contributed by atoms with Crippen LogP contribution >= 0.6 is 11.3 Å². The molecule has 1 unspecified atom stereocenters. The van der Waals surface area contributed by atoms with E-state index in [1.54, 1.807) is 11.8 Å². The highest BCUT2D eigenvalue weighted by Crippen LogP contribution is 2.40. The second kappa shape index (κ2) is 9.10. The van der Waals surface area contributed by atoms with E-state index in [1.165, 1.54) is 11.3 Å². The van der Waals surface area contributed by atoms with Gasteiger partial charge in [0.25, 0.3) is 5.91 Å². The standard InChI is InChI=1S/C23H29N3O3S/c1-6-25(7-2)12-13-26-19(17-10-8-14(3)9-11-17)18(21(28)23(26)29)20(27)22-15(4)24-16(5)30-22/h8-11,19,28H,6-7,12-13H2,1-5H3. The lowest BCUT2D eigenvalue weighted by atomic mass is 9.94. The molecule has 3 rings (SSSR count). The number of carbonyl (C=O) groups excluding carboxylic acids is 2. The van der Waals surface area contributed by atoms with Gasteiger partial charge in [-0.3, -0.25) is 9.59 Å². The maximum absolute atomic E-state index is 13.4. The van der Waals surface area contributed by atoms with Gasteiger partial charge in [0.1, 0.15) is 0 Å². The fourth-order valence-corrected chi connectivity index (χ4v) is 4.74. The molecule has 1 aromatic heterocycles. The van der Waals surface area contributed by atoms with Gasteiger partial charge in [-0.15, -0.1) is 11.3 Å². The normalized spacial score (nSPS) is 16.8. The zero-order chi connectivity index (χ0) is 22.0. The van der Waals surface area contributed by atoms with E-state index < -0.39 is 17.7 Å². The Balaban J connectivity index is 2.04. The van der Waals surface area contributed by atoms with E-state index in [2.05, 4.69) is 23.7 Å². The van der Waals surface area contributed by atoms with Gasteiger partial charge in [0.05, 0.1) is 27.2 Å². The van der Waals surface area contributed by atoms with Crippen LogP contribution in [0.3, 0.4) is 0 Å². The highest BCUT2D eigenvalue weighted by atomic mass is 32.1. The third-order valence-corrected chi connectivity index (χ3v) is 6.67. The molecule has 0 spiro atoms. The number of benzene rings is 1. The molecule has 1 aliphatic rings. The summed E-state index contributed by atoms with van der Waals surface area (Å²) in [7, 11) is 0. The Bertz CT molecular complexity index is 974. The first-order chi connectivity index (χ1) is 14.3. The summed E-state index contributed by atoms with van der Waals surface area (Å²) >= 11 is 1.29. The second-order valence-electron chi connectivity index (χ2n) is 7.58.